The fraction of sp³-hybridized carbons (Fsp3) is 0.136. The van der Waals surface area contributed by atoms with Gasteiger partial charge in [0.25, 0.3) is 0 Å². The summed E-state index contributed by atoms with van der Waals surface area (Å²) in [5.41, 5.74) is 6.43. The number of nitrogen functional groups attached to an aromatic ring is 1. The van der Waals surface area contributed by atoms with Crippen LogP contribution in [0.15, 0.2) is 71.6 Å². The minimum Gasteiger partial charge on any atom is -0.480 e. The normalized spacial score (nSPS) is 12.2. The van der Waals surface area contributed by atoms with Crippen LogP contribution in [0.3, 0.4) is 0 Å². The number of carboxylic acid groups (broad SMARTS) is 1. The second-order valence-corrected chi connectivity index (χ2v) is 8.88. The highest BCUT2D eigenvalue weighted by molar-refractivity contribution is 7.89. The number of fused-ring (bicyclic) bond motifs is 1. The van der Waals surface area contributed by atoms with Crippen LogP contribution in [0.25, 0.3) is 10.8 Å². The highest BCUT2D eigenvalue weighted by Crippen LogP contribution is 2.18. The van der Waals surface area contributed by atoms with Crippen LogP contribution in [0.5, 0.6) is 0 Å². The standard InChI is InChI=1S/C22H22N4O5S/c23-21(24)17-7-3-4-14(10-17)11-19(22(28)29)26-20(27)13-25-32(30,31)18-9-8-15-5-1-2-6-16(15)12-18/h1-10,12,19,25H,11,13H2,(H3,23,24)(H,26,27)(H,28,29). The van der Waals surface area contributed by atoms with E-state index in [9.17, 15) is 23.1 Å². The van der Waals surface area contributed by atoms with Crippen molar-refractivity contribution in [1.29, 1.82) is 5.41 Å². The van der Waals surface area contributed by atoms with E-state index in [1.54, 1.807) is 42.5 Å². The van der Waals surface area contributed by atoms with Gasteiger partial charge >= 0.3 is 5.97 Å². The Labute approximate surface area is 184 Å². The molecule has 10 heteroatoms. The van der Waals surface area contributed by atoms with Crippen LogP contribution in [-0.4, -0.2) is 43.8 Å². The van der Waals surface area contributed by atoms with E-state index >= 15 is 0 Å². The molecule has 1 unspecified atom stereocenters. The van der Waals surface area contributed by atoms with Crippen LogP contribution in [0.4, 0.5) is 0 Å². The van der Waals surface area contributed by atoms with Crippen molar-refractivity contribution in [2.45, 2.75) is 17.4 Å². The summed E-state index contributed by atoms with van der Waals surface area (Å²) >= 11 is 0. The molecule has 3 aromatic rings. The second kappa shape index (κ2) is 9.58. The molecule has 0 bridgehead atoms. The highest BCUT2D eigenvalue weighted by Gasteiger charge is 2.22. The molecule has 0 fully saturated rings. The largest absolute Gasteiger partial charge is 0.480 e. The highest BCUT2D eigenvalue weighted by atomic mass is 32.2. The summed E-state index contributed by atoms with van der Waals surface area (Å²) in [4.78, 5) is 23.8. The van der Waals surface area contributed by atoms with Gasteiger partial charge in [-0.25, -0.2) is 17.9 Å². The van der Waals surface area contributed by atoms with Gasteiger partial charge in [0.15, 0.2) is 0 Å². The molecule has 6 N–H and O–H groups in total. The van der Waals surface area contributed by atoms with E-state index in [2.05, 4.69) is 10.0 Å². The Kier molecular flexibility index (Phi) is 6.86. The molecular weight excluding hydrogens is 432 g/mol. The van der Waals surface area contributed by atoms with Crippen molar-refractivity contribution < 1.29 is 23.1 Å². The number of carboxylic acids is 1. The van der Waals surface area contributed by atoms with Crippen molar-refractivity contribution >= 4 is 38.5 Å². The molecule has 3 aromatic carbocycles. The fourth-order valence-electron chi connectivity index (χ4n) is 3.13. The summed E-state index contributed by atoms with van der Waals surface area (Å²) in [6.45, 7) is -0.619. The number of carbonyl (C=O) groups excluding carboxylic acids is 1. The molecule has 3 rings (SSSR count). The van der Waals surface area contributed by atoms with Crippen molar-refractivity contribution in [2.75, 3.05) is 6.54 Å². The number of hydrogen-bond acceptors (Lipinski definition) is 5. The zero-order chi connectivity index (χ0) is 23.3. The van der Waals surface area contributed by atoms with Crippen molar-refractivity contribution in [2.24, 2.45) is 5.73 Å². The smallest absolute Gasteiger partial charge is 0.326 e. The van der Waals surface area contributed by atoms with E-state index in [1.807, 2.05) is 12.1 Å². The minimum absolute atomic E-state index is 0.000155. The van der Waals surface area contributed by atoms with Crippen LogP contribution >= 0.6 is 0 Å². The lowest BCUT2D eigenvalue weighted by Crippen LogP contribution is -2.46. The summed E-state index contributed by atoms with van der Waals surface area (Å²) in [5, 5.41) is 20.8. The van der Waals surface area contributed by atoms with Gasteiger partial charge < -0.3 is 16.2 Å². The fourth-order valence-corrected chi connectivity index (χ4v) is 4.14. The average molecular weight is 455 g/mol. The number of hydrogen-bond donors (Lipinski definition) is 5. The number of benzene rings is 3. The molecule has 32 heavy (non-hydrogen) atoms. The van der Waals surface area contributed by atoms with Gasteiger partial charge in [-0.15, -0.1) is 0 Å². The van der Waals surface area contributed by atoms with E-state index < -0.39 is 34.5 Å². The number of carbonyl (C=O) groups is 2. The van der Waals surface area contributed by atoms with Crippen molar-refractivity contribution in [3.05, 3.63) is 77.9 Å². The predicted molar refractivity (Wildman–Crippen MR) is 120 cm³/mol. The summed E-state index contributed by atoms with van der Waals surface area (Å²) in [7, 11) is -3.97. The SMILES string of the molecule is N=C(N)c1cccc(CC(NC(=O)CNS(=O)(=O)c2ccc3ccccc3c2)C(=O)O)c1. The molecule has 0 heterocycles. The first kappa shape index (κ1) is 22.9. The zero-order valence-corrected chi connectivity index (χ0v) is 17.7. The van der Waals surface area contributed by atoms with Crippen LogP contribution < -0.4 is 15.8 Å². The zero-order valence-electron chi connectivity index (χ0n) is 16.9. The van der Waals surface area contributed by atoms with Crippen LogP contribution in [0.2, 0.25) is 0 Å². The Morgan fingerprint density at radius 3 is 2.41 bits per heavy atom. The van der Waals surface area contributed by atoms with Gasteiger partial charge in [-0.2, -0.15) is 0 Å². The van der Waals surface area contributed by atoms with Crippen molar-refractivity contribution in [1.82, 2.24) is 10.0 Å². The molecule has 1 atom stereocenters. The maximum absolute atomic E-state index is 12.6. The topological polar surface area (TPSA) is 162 Å². The average Bonchev–Trinajstić information content (AvgIpc) is 2.77. The Hall–Kier alpha value is -3.76. The molecule has 0 radical (unpaired) electrons. The van der Waals surface area contributed by atoms with Gasteiger partial charge in [0.1, 0.15) is 11.9 Å². The van der Waals surface area contributed by atoms with Gasteiger partial charge in [0.2, 0.25) is 15.9 Å². The van der Waals surface area contributed by atoms with Gasteiger partial charge in [0, 0.05) is 12.0 Å². The molecule has 166 valence electrons. The van der Waals surface area contributed by atoms with Crippen molar-refractivity contribution in [3.8, 4) is 0 Å². The molecule has 9 nitrogen and oxygen atoms in total. The molecule has 0 aliphatic rings. The molecular formula is C22H22N4O5S. The quantitative estimate of drug-likeness (QED) is 0.241. The third-order valence-electron chi connectivity index (χ3n) is 4.77. The van der Waals surface area contributed by atoms with Gasteiger partial charge in [0.05, 0.1) is 11.4 Å². The summed E-state index contributed by atoms with van der Waals surface area (Å²) in [6, 6.07) is 17.0. The number of amidine groups is 1. The third-order valence-corrected chi connectivity index (χ3v) is 6.16. The molecule has 1 amide bonds. The third kappa shape index (κ3) is 5.68. The predicted octanol–water partition coefficient (Wildman–Crippen LogP) is 1.21. The lowest BCUT2D eigenvalue weighted by molar-refractivity contribution is -0.141. The number of nitrogens with one attached hydrogen (secondary N) is 3. The van der Waals surface area contributed by atoms with E-state index in [1.165, 1.54) is 12.1 Å². The monoisotopic (exact) mass is 454 g/mol. The van der Waals surface area contributed by atoms with E-state index in [0.29, 0.717) is 11.1 Å². The maximum Gasteiger partial charge on any atom is 0.326 e. The molecule has 0 aliphatic heterocycles. The first-order valence-corrected chi connectivity index (χ1v) is 11.1. The number of amides is 1. The Balaban J connectivity index is 1.65. The van der Waals surface area contributed by atoms with Crippen LogP contribution in [0.1, 0.15) is 11.1 Å². The van der Waals surface area contributed by atoms with Crippen molar-refractivity contribution in [3.63, 3.8) is 0 Å². The summed E-state index contributed by atoms with van der Waals surface area (Å²) in [5.74, 6) is -2.22. The molecule has 0 saturated carbocycles. The van der Waals surface area contributed by atoms with E-state index in [-0.39, 0.29) is 17.2 Å². The Morgan fingerprint density at radius 2 is 1.72 bits per heavy atom. The number of nitrogens with two attached hydrogens (primary N) is 1. The minimum atomic E-state index is -3.97. The molecule has 0 saturated heterocycles. The van der Waals surface area contributed by atoms with Crippen LogP contribution in [-0.2, 0) is 26.0 Å². The maximum atomic E-state index is 12.6. The Morgan fingerprint density at radius 1 is 1.00 bits per heavy atom. The van der Waals surface area contributed by atoms with Gasteiger partial charge in [-0.1, -0.05) is 48.5 Å². The molecule has 0 aromatic heterocycles. The van der Waals surface area contributed by atoms with Gasteiger partial charge in [-0.05, 0) is 34.5 Å². The number of rotatable bonds is 9. The molecule has 0 aliphatic carbocycles. The lowest BCUT2D eigenvalue weighted by Gasteiger charge is -2.15. The van der Waals surface area contributed by atoms with E-state index in [4.69, 9.17) is 11.1 Å². The van der Waals surface area contributed by atoms with Gasteiger partial charge in [-0.3, -0.25) is 10.2 Å². The van der Waals surface area contributed by atoms with Crippen LogP contribution in [0, 0.1) is 5.41 Å². The molecule has 0 spiro atoms. The summed E-state index contributed by atoms with van der Waals surface area (Å²) < 4.78 is 27.3. The summed E-state index contributed by atoms with van der Waals surface area (Å²) in [6.07, 6.45) is -0.0559. The Bertz CT molecular complexity index is 1290. The first-order valence-electron chi connectivity index (χ1n) is 9.60. The lowest BCUT2D eigenvalue weighted by atomic mass is 10.0. The van der Waals surface area contributed by atoms with E-state index in [0.717, 1.165) is 10.8 Å². The second-order valence-electron chi connectivity index (χ2n) is 7.11. The first-order chi connectivity index (χ1) is 15.2. The number of sulfonamides is 1. The number of aliphatic carboxylic acids is 1.